The van der Waals surface area contributed by atoms with Crippen molar-refractivity contribution < 1.29 is 19.5 Å². The number of carboxylic acid groups (broad SMARTS) is 1. The predicted molar refractivity (Wildman–Crippen MR) is 231 cm³/mol. The molecule has 5 aromatic carbocycles. The first-order chi connectivity index (χ1) is 29.3. The third-order valence-electron chi connectivity index (χ3n) is 11.9. The lowest BCUT2D eigenvalue weighted by Gasteiger charge is -2.32. The number of nitrogens with one attached hydrogen (secondary N) is 2. The Labute approximate surface area is 348 Å². The first-order valence-corrected chi connectivity index (χ1v) is 20.4. The van der Waals surface area contributed by atoms with Crippen molar-refractivity contribution in [2.24, 2.45) is 0 Å². The van der Waals surface area contributed by atoms with Crippen molar-refractivity contribution in [3.63, 3.8) is 0 Å². The van der Waals surface area contributed by atoms with E-state index < -0.39 is 12.1 Å². The fraction of sp³-hybridized carbons (Fsp3) is 0.204. The fourth-order valence-electron chi connectivity index (χ4n) is 8.73. The van der Waals surface area contributed by atoms with Crippen molar-refractivity contribution in [3.8, 4) is 44.8 Å². The first-order valence-electron chi connectivity index (χ1n) is 20.4. The van der Waals surface area contributed by atoms with E-state index in [9.17, 15) is 19.5 Å². The molecular formula is C49H45N7O4. The fourth-order valence-corrected chi connectivity index (χ4v) is 8.73. The summed E-state index contributed by atoms with van der Waals surface area (Å²) in [7, 11) is 1.43. The van der Waals surface area contributed by atoms with Crippen LogP contribution in [0.5, 0.6) is 0 Å². The summed E-state index contributed by atoms with van der Waals surface area (Å²) in [4.78, 5) is 61.2. The molecule has 0 bridgehead atoms. The Morgan fingerprint density at radius 2 is 1.10 bits per heavy atom. The van der Waals surface area contributed by atoms with Gasteiger partial charge in [0.25, 0.3) is 11.8 Å². The predicted octanol–water partition coefficient (Wildman–Crippen LogP) is 9.79. The van der Waals surface area contributed by atoms with E-state index >= 15 is 0 Å². The molecule has 3 amide bonds. The van der Waals surface area contributed by atoms with Gasteiger partial charge in [-0.15, -0.1) is 0 Å². The Morgan fingerprint density at radius 1 is 0.617 bits per heavy atom. The molecule has 11 nitrogen and oxygen atoms in total. The minimum Gasteiger partial charge on any atom is -0.465 e. The molecule has 7 aromatic rings. The molecule has 300 valence electrons. The molecule has 3 atom stereocenters. The van der Waals surface area contributed by atoms with Crippen LogP contribution in [0, 0.1) is 0 Å². The molecule has 0 saturated carbocycles. The van der Waals surface area contributed by atoms with E-state index in [1.54, 1.807) is 23.2 Å². The Bertz CT molecular complexity index is 2620. The van der Waals surface area contributed by atoms with E-state index in [0.29, 0.717) is 30.0 Å². The maximum absolute atomic E-state index is 14.0. The van der Waals surface area contributed by atoms with Crippen molar-refractivity contribution in [1.82, 2.24) is 34.6 Å². The van der Waals surface area contributed by atoms with Crippen molar-refractivity contribution in [3.05, 3.63) is 169 Å². The van der Waals surface area contributed by atoms with Crippen LogP contribution in [0.2, 0.25) is 0 Å². The lowest BCUT2D eigenvalue weighted by molar-refractivity contribution is -0.137. The number of aromatic amines is 2. The highest BCUT2D eigenvalue weighted by atomic mass is 16.4. The van der Waals surface area contributed by atoms with Gasteiger partial charge in [0, 0.05) is 25.7 Å². The standard InChI is InChI=1S/C49H45N7O4/c1-54(49(59)60)44(37-14-6-3-7-15-37)48(58)56-29-11-19-43(56)46-51-31-41(53-46)36-26-22-33(23-27-36)32-20-24-35(25-21-32)40-30-50-45(52-40)42-18-10-28-55(42)47(57)39-17-9-8-16-38(39)34-12-4-2-5-13-34/h2-9,12-17,20-27,30-31,42-44H,10-11,18-19,28-29H2,1H3,(H,50,52)(H,51,53)(H,59,60)/t42-,43-,44+/m0/s1. The van der Waals surface area contributed by atoms with Gasteiger partial charge in [-0.3, -0.25) is 14.5 Å². The maximum atomic E-state index is 14.0. The number of aromatic nitrogens is 4. The molecular weight excluding hydrogens is 751 g/mol. The Kier molecular flexibility index (Phi) is 10.5. The highest BCUT2D eigenvalue weighted by Gasteiger charge is 2.39. The normalized spacial score (nSPS) is 16.8. The Morgan fingerprint density at radius 3 is 1.67 bits per heavy atom. The van der Waals surface area contributed by atoms with Gasteiger partial charge in [0.15, 0.2) is 0 Å². The van der Waals surface area contributed by atoms with Gasteiger partial charge in [-0.05, 0) is 70.7 Å². The molecule has 2 fully saturated rings. The number of amides is 3. The smallest absolute Gasteiger partial charge is 0.407 e. The summed E-state index contributed by atoms with van der Waals surface area (Å²) in [5.41, 5.74) is 9.13. The van der Waals surface area contributed by atoms with Crippen LogP contribution in [0.15, 0.2) is 146 Å². The molecule has 4 heterocycles. The van der Waals surface area contributed by atoms with Gasteiger partial charge >= 0.3 is 6.09 Å². The molecule has 2 aliphatic rings. The topological polar surface area (TPSA) is 139 Å². The SMILES string of the molecule is CN(C(=O)O)[C@@H](C(=O)N1CCC[C@H]1c1ncc(-c2ccc(-c3ccc(-c4cnc([C@@H]5CCCN5C(=O)c5ccccc5-c5ccccc5)[nH]4)cc3)cc2)[nH]1)c1ccccc1. The molecule has 0 unspecified atom stereocenters. The number of benzene rings is 5. The number of carbonyl (C=O) groups is 3. The van der Waals surface area contributed by atoms with E-state index in [4.69, 9.17) is 9.97 Å². The number of H-pyrrole nitrogens is 2. The van der Waals surface area contributed by atoms with Crippen LogP contribution in [0.4, 0.5) is 4.79 Å². The second-order valence-corrected chi connectivity index (χ2v) is 15.5. The van der Waals surface area contributed by atoms with Crippen LogP contribution in [-0.4, -0.2) is 77.8 Å². The maximum Gasteiger partial charge on any atom is 0.407 e. The van der Waals surface area contributed by atoms with Crippen molar-refractivity contribution in [2.75, 3.05) is 20.1 Å². The van der Waals surface area contributed by atoms with Gasteiger partial charge in [-0.25, -0.2) is 14.8 Å². The van der Waals surface area contributed by atoms with E-state index in [2.05, 4.69) is 58.5 Å². The second kappa shape index (κ2) is 16.5. The summed E-state index contributed by atoms with van der Waals surface area (Å²) in [5.74, 6) is 1.24. The summed E-state index contributed by atoms with van der Waals surface area (Å²) in [6.45, 7) is 1.21. The summed E-state index contributed by atoms with van der Waals surface area (Å²) >= 11 is 0. The summed E-state index contributed by atoms with van der Waals surface area (Å²) in [5, 5.41) is 9.81. The van der Waals surface area contributed by atoms with E-state index in [0.717, 1.165) is 81.2 Å². The van der Waals surface area contributed by atoms with Crippen LogP contribution in [0.1, 0.15) is 71.4 Å². The molecule has 2 saturated heterocycles. The zero-order valence-corrected chi connectivity index (χ0v) is 33.2. The monoisotopic (exact) mass is 795 g/mol. The highest BCUT2D eigenvalue weighted by molar-refractivity contribution is 6.01. The molecule has 9 rings (SSSR count). The number of likely N-dealkylation sites (N-methyl/N-ethyl adjacent to an activating group) is 1. The summed E-state index contributed by atoms with van der Waals surface area (Å²) < 4.78 is 0. The number of hydrogen-bond donors (Lipinski definition) is 3. The van der Waals surface area contributed by atoms with Crippen molar-refractivity contribution in [2.45, 2.75) is 43.8 Å². The number of likely N-dealkylation sites (tertiary alicyclic amines) is 2. The molecule has 2 aromatic heterocycles. The second-order valence-electron chi connectivity index (χ2n) is 15.5. The molecule has 0 spiro atoms. The molecule has 60 heavy (non-hydrogen) atoms. The molecule has 3 N–H and O–H groups in total. The first kappa shape index (κ1) is 38.3. The van der Waals surface area contributed by atoms with Crippen molar-refractivity contribution >= 4 is 17.9 Å². The molecule has 11 heteroatoms. The van der Waals surface area contributed by atoms with E-state index in [1.165, 1.54) is 7.05 Å². The van der Waals surface area contributed by atoms with Gasteiger partial charge in [0.05, 0.1) is 35.9 Å². The van der Waals surface area contributed by atoms with Gasteiger partial charge in [-0.1, -0.05) is 127 Å². The number of hydrogen-bond acceptors (Lipinski definition) is 5. The van der Waals surface area contributed by atoms with Crippen LogP contribution < -0.4 is 0 Å². The lowest BCUT2D eigenvalue weighted by Crippen LogP contribution is -2.43. The van der Waals surface area contributed by atoms with Gasteiger partial charge < -0.3 is 24.9 Å². The molecule has 0 radical (unpaired) electrons. The zero-order chi connectivity index (χ0) is 41.2. The molecule has 2 aliphatic heterocycles. The average molecular weight is 796 g/mol. The van der Waals surface area contributed by atoms with Crippen LogP contribution in [-0.2, 0) is 4.79 Å². The number of nitrogens with zero attached hydrogens (tertiary/aromatic N) is 5. The minimum absolute atomic E-state index is 0.0191. The van der Waals surface area contributed by atoms with Crippen LogP contribution in [0.25, 0.3) is 44.8 Å². The number of rotatable bonds is 10. The van der Waals surface area contributed by atoms with Gasteiger partial charge in [0.1, 0.15) is 17.7 Å². The molecule has 0 aliphatic carbocycles. The minimum atomic E-state index is -1.16. The highest BCUT2D eigenvalue weighted by Crippen LogP contribution is 2.37. The summed E-state index contributed by atoms with van der Waals surface area (Å²) in [6.07, 6.45) is 5.77. The van der Waals surface area contributed by atoms with Crippen LogP contribution >= 0.6 is 0 Å². The third-order valence-corrected chi connectivity index (χ3v) is 11.9. The third kappa shape index (κ3) is 7.45. The zero-order valence-electron chi connectivity index (χ0n) is 33.2. The van der Waals surface area contributed by atoms with E-state index in [1.807, 2.05) is 83.9 Å². The van der Waals surface area contributed by atoms with Gasteiger partial charge in [0.2, 0.25) is 0 Å². The lowest BCUT2D eigenvalue weighted by atomic mass is 9.98. The van der Waals surface area contributed by atoms with Crippen molar-refractivity contribution in [1.29, 1.82) is 0 Å². The number of carbonyl (C=O) groups excluding carboxylic acids is 2. The Balaban J connectivity index is 0.868. The largest absolute Gasteiger partial charge is 0.465 e. The van der Waals surface area contributed by atoms with Crippen LogP contribution in [0.3, 0.4) is 0 Å². The average Bonchev–Trinajstić information content (AvgIpc) is 4.15. The van der Waals surface area contributed by atoms with Gasteiger partial charge in [-0.2, -0.15) is 0 Å². The quantitative estimate of drug-likeness (QED) is 0.126. The number of imidazole rings is 2. The summed E-state index contributed by atoms with van der Waals surface area (Å²) in [6, 6.07) is 42.2. The van der Waals surface area contributed by atoms with E-state index in [-0.39, 0.29) is 23.9 Å². The Hall–Kier alpha value is -7.27.